The molecule has 0 radical (unpaired) electrons. The summed E-state index contributed by atoms with van der Waals surface area (Å²) < 4.78 is 25.1. The van der Waals surface area contributed by atoms with Crippen LogP contribution in [0.4, 0.5) is 8.78 Å². The van der Waals surface area contributed by atoms with Gasteiger partial charge in [-0.1, -0.05) is 6.07 Å². The highest BCUT2D eigenvalue weighted by molar-refractivity contribution is 5.97. The topological polar surface area (TPSA) is 57.6 Å². The van der Waals surface area contributed by atoms with Gasteiger partial charge in [0.2, 0.25) is 6.43 Å². The van der Waals surface area contributed by atoms with Crippen molar-refractivity contribution in [1.29, 1.82) is 0 Å². The van der Waals surface area contributed by atoms with E-state index < -0.39 is 18.3 Å². The van der Waals surface area contributed by atoms with Gasteiger partial charge in [0.05, 0.1) is 5.56 Å². The van der Waals surface area contributed by atoms with Crippen LogP contribution < -0.4 is 0 Å². The second-order valence-corrected chi connectivity index (χ2v) is 4.85. The Kier molecular flexibility index (Phi) is 4.32. The average Bonchev–Trinajstić information content (AvgIpc) is 2.46. The predicted molar refractivity (Wildman–Crippen MR) is 68.0 cm³/mol. The summed E-state index contributed by atoms with van der Waals surface area (Å²) in [6, 6.07) is 5.75. The Bertz CT molecular complexity index is 511. The smallest absolute Gasteiger partial charge is 0.335 e. The number of halogens is 2. The van der Waals surface area contributed by atoms with Crippen molar-refractivity contribution in [3.63, 3.8) is 0 Å². The zero-order valence-electron chi connectivity index (χ0n) is 10.8. The molecule has 0 unspecified atom stereocenters. The second kappa shape index (κ2) is 5.98. The average molecular weight is 283 g/mol. The summed E-state index contributed by atoms with van der Waals surface area (Å²) in [6.45, 7) is 0.566. The van der Waals surface area contributed by atoms with Crippen LogP contribution in [0.25, 0.3) is 0 Å². The van der Waals surface area contributed by atoms with Crippen molar-refractivity contribution in [2.75, 3.05) is 13.1 Å². The van der Waals surface area contributed by atoms with E-state index in [4.69, 9.17) is 5.11 Å². The molecule has 4 nitrogen and oxygen atoms in total. The Labute approximate surface area is 115 Å². The minimum Gasteiger partial charge on any atom is -0.478 e. The third-order valence-corrected chi connectivity index (χ3v) is 3.54. The van der Waals surface area contributed by atoms with Crippen molar-refractivity contribution in [2.45, 2.75) is 19.3 Å². The largest absolute Gasteiger partial charge is 0.478 e. The summed E-state index contributed by atoms with van der Waals surface area (Å²) in [5.74, 6) is -2.05. The number of carbonyl (C=O) groups is 2. The van der Waals surface area contributed by atoms with Crippen LogP contribution in [-0.2, 0) is 0 Å². The molecule has 0 aliphatic carbocycles. The predicted octanol–water partition coefficient (Wildman–Crippen LogP) is 2.50. The van der Waals surface area contributed by atoms with Crippen LogP contribution in [0.2, 0.25) is 0 Å². The zero-order chi connectivity index (χ0) is 14.7. The van der Waals surface area contributed by atoms with Gasteiger partial charge in [-0.25, -0.2) is 13.6 Å². The molecule has 1 N–H and O–H groups in total. The first kappa shape index (κ1) is 14.4. The third-order valence-electron chi connectivity index (χ3n) is 3.54. The molecule has 0 aromatic heterocycles. The van der Waals surface area contributed by atoms with E-state index in [1.54, 1.807) is 0 Å². The maximum absolute atomic E-state index is 12.5. The first-order valence-electron chi connectivity index (χ1n) is 6.40. The Balaban J connectivity index is 2.05. The van der Waals surface area contributed by atoms with E-state index in [0.29, 0.717) is 0 Å². The summed E-state index contributed by atoms with van der Waals surface area (Å²) in [7, 11) is 0. The molecule has 0 atom stereocenters. The number of rotatable bonds is 3. The molecule has 1 heterocycles. The number of carboxylic acids is 1. The van der Waals surface area contributed by atoms with Gasteiger partial charge in [-0.05, 0) is 31.0 Å². The number of piperidine rings is 1. The number of carboxylic acid groups (broad SMARTS) is 1. The van der Waals surface area contributed by atoms with E-state index in [-0.39, 0.29) is 43.0 Å². The van der Waals surface area contributed by atoms with Crippen LogP contribution in [-0.4, -0.2) is 41.4 Å². The van der Waals surface area contributed by atoms with Crippen LogP contribution in [0, 0.1) is 5.92 Å². The van der Waals surface area contributed by atoms with Crippen molar-refractivity contribution in [1.82, 2.24) is 4.90 Å². The number of likely N-dealkylation sites (tertiary alicyclic amines) is 1. The number of alkyl halides is 2. The Morgan fingerprint density at radius 1 is 1.20 bits per heavy atom. The number of carbonyl (C=O) groups excluding carboxylic acids is 1. The molecule has 20 heavy (non-hydrogen) atoms. The Hall–Kier alpha value is -1.98. The van der Waals surface area contributed by atoms with Crippen molar-refractivity contribution in [3.8, 4) is 0 Å². The molecular formula is C14H15F2NO3. The van der Waals surface area contributed by atoms with Gasteiger partial charge >= 0.3 is 5.97 Å². The van der Waals surface area contributed by atoms with E-state index in [9.17, 15) is 18.4 Å². The van der Waals surface area contributed by atoms with Gasteiger partial charge in [0.25, 0.3) is 5.91 Å². The summed E-state index contributed by atoms with van der Waals surface area (Å²) >= 11 is 0. The van der Waals surface area contributed by atoms with Crippen LogP contribution >= 0.6 is 0 Å². The molecule has 1 aromatic rings. The second-order valence-electron chi connectivity index (χ2n) is 4.85. The van der Waals surface area contributed by atoms with Crippen LogP contribution in [0.15, 0.2) is 24.3 Å². The van der Waals surface area contributed by atoms with Gasteiger partial charge in [0.1, 0.15) is 0 Å². The van der Waals surface area contributed by atoms with Gasteiger partial charge in [-0.3, -0.25) is 4.79 Å². The molecule has 0 bridgehead atoms. The highest BCUT2D eigenvalue weighted by Gasteiger charge is 2.28. The zero-order valence-corrected chi connectivity index (χ0v) is 10.8. The number of hydrogen-bond donors (Lipinski definition) is 1. The number of aromatic carboxylic acids is 1. The summed E-state index contributed by atoms with van der Waals surface area (Å²) in [6.07, 6.45) is -1.79. The molecule has 0 spiro atoms. The minimum absolute atomic E-state index is 0.0401. The quantitative estimate of drug-likeness (QED) is 0.927. The highest BCUT2D eigenvalue weighted by atomic mass is 19.3. The normalized spacial score (nSPS) is 16.4. The molecule has 1 aromatic carbocycles. The first-order chi connectivity index (χ1) is 9.49. The third kappa shape index (κ3) is 3.12. The summed E-state index contributed by atoms with van der Waals surface area (Å²) in [5, 5.41) is 8.89. The fraction of sp³-hybridized carbons (Fsp3) is 0.429. The molecule has 1 saturated heterocycles. The summed E-state index contributed by atoms with van der Waals surface area (Å²) in [5.41, 5.74) is 0.318. The molecule has 6 heteroatoms. The lowest BCUT2D eigenvalue weighted by atomic mass is 9.97. The maximum atomic E-state index is 12.5. The van der Waals surface area contributed by atoms with Gasteiger partial charge < -0.3 is 10.0 Å². The molecule has 1 aliphatic heterocycles. The van der Waals surface area contributed by atoms with E-state index in [0.717, 1.165) is 0 Å². The van der Waals surface area contributed by atoms with Gasteiger partial charge in [0.15, 0.2) is 0 Å². The Morgan fingerprint density at radius 2 is 1.80 bits per heavy atom. The van der Waals surface area contributed by atoms with Gasteiger partial charge in [-0.2, -0.15) is 0 Å². The van der Waals surface area contributed by atoms with Crippen molar-refractivity contribution in [2.24, 2.45) is 5.92 Å². The molecular weight excluding hydrogens is 268 g/mol. The SMILES string of the molecule is O=C(O)c1cccc(C(=O)N2CCC(C(F)F)CC2)c1. The van der Waals surface area contributed by atoms with Crippen LogP contribution in [0.1, 0.15) is 33.6 Å². The molecule has 0 saturated carbocycles. The molecule has 108 valence electrons. The number of benzene rings is 1. The standard InChI is InChI=1S/C14H15F2NO3/c15-12(16)9-4-6-17(7-5-9)13(18)10-2-1-3-11(8-10)14(19)20/h1-3,8-9,12H,4-7H2,(H,19,20). The lowest BCUT2D eigenvalue weighted by Crippen LogP contribution is -2.40. The van der Waals surface area contributed by atoms with Crippen LogP contribution in [0.3, 0.4) is 0 Å². The number of amides is 1. The number of nitrogens with zero attached hydrogens (tertiary/aromatic N) is 1. The van der Waals surface area contributed by atoms with Crippen molar-refractivity contribution in [3.05, 3.63) is 35.4 Å². The van der Waals surface area contributed by atoms with E-state index >= 15 is 0 Å². The van der Waals surface area contributed by atoms with Crippen LogP contribution in [0.5, 0.6) is 0 Å². The molecule has 2 rings (SSSR count). The minimum atomic E-state index is -2.34. The molecule has 1 amide bonds. The number of hydrogen-bond acceptors (Lipinski definition) is 2. The van der Waals surface area contributed by atoms with Gasteiger partial charge in [0, 0.05) is 24.6 Å². The highest BCUT2D eigenvalue weighted by Crippen LogP contribution is 2.24. The fourth-order valence-electron chi connectivity index (χ4n) is 2.32. The monoisotopic (exact) mass is 283 g/mol. The van der Waals surface area contributed by atoms with Crippen molar-refractivity contribution < 1.29 is 23.5 Å². The van der Waals surface area contributed by atoms with E-state index in [2.05, 4.69) is 0 Å². The molecule has 1 fully saturated rings. The van der Waals surface area contributed by atoms with Gasteiger partial charge in [-0.15, -0.1) is 0 Å². The van der Waals surface area contributed by atoms with E-state index in [1.165, 1.54) is 29.2 Å². The fourth-order valence-corrected chi connectivity index (χ4v) is 2.32. The lowest BCUT2D eigenvalue weighted by Gasteiger charge is -2.31. The first-order valence-corrected chi connectivity index (χ1v) is 6.40. The Morgan fingerprint density at radius 3 is 2.35 bits per heavy atom. The lowest BCUT2D eigenvalue weighted by molar-refractivity contribution is 0.0311. The van der Waals surface area contributed by atoms with Crippen molar-refractivity contribution >= 4 is 11.9 Å². The summed E-state index contributed by atoms with van der Waals surface area (Å²) in [4.78, 5) is 24.6. The van der Waals surface area contributed by atoms with E-state index in [1.807, 2.05) is 0 Å². The maximum Gasteiger partial charge on any atom is 0.335 e. The molecule has 1 aliphatic rings.